The standard InChI is InChI=1S/C23H26F2N4O2/c1-14-26-12-22(31-14)19-8-5-16-11-27-17(9-20(16)28-19)10-21(30)15-3-6-18(7-4-15)29(2)13-23(24)25/h5,8-9,11-12,15,18,23H,3-4,6-7,10,13H2,1-2H3. The van der Waals surface area contributed by atoms with Crippen LogP contribution in [0.5, 0.6) is 0 Å². The lowest BCUT2D eigenvalue weighted by Crippen LogP contribution is -2.39. The van der Waals surface area contributed by atoms with E-state index in [4.69, 9.17) is 4.42 Å². The smallest absolute Gasteiger partial charge is 0.251 e. The summed E-state index contributed by atoms with van der Waals surface area (Å²) < 4.78 is 30.8. The summed E-state index contributed by atoms with van der Waals surface area (Å²) in [5.74, 6) is 1.30. The number of carbonyl (C=O) groups is 1. The maximum atomic E-state index is 12.8. The number of halogens is 2. The Bertz CT molecular complexity index is 1060. The fourth-order valence-electron chi connectivity index (χ4n) is 4.30. The van der Waals surface area contributed by atoms with Crippen LogP contribution in [0, 0.1) is 12.8 Å². The van der Waals surface area contributed by atoms with E-state index in [1.165, 1.54) is 0 Å². The summed E-state index contributed by atoms with van der Waals surface area (Å²) in [6.07, 6.45) is 4.31. The van der Waals surface area contributed by atoms with Gasteiger partial charge in [-0.2, -0.15) is 0 Å². The maximum absolute atomic E-state index is 12.8. The summed E-state index contributed by atoms with van der Waals surface area (Å²) in [7, 11) is 1.74. The van der Waals surface area contributed by atoms with Gasteiger partial charge in [-0.25, -0.2) is 18.7 Å². The molecular formula is C23H26F2N4O2. The third-order valence-corrected chi connectivity index (χ3v) is 6.06. The predicted octanol–water partition coefficient (Wildman–Crippen LogP) is 4.46. The van der Waals surface area contributed by atoms with Gasteiger partial charge < -0.3 is 4.42 Å². The van der Waals surface area contributed by atoms with Crippen LogP contribution in [0.25, 0.3) is 22.4 Å². The first-order chi connectivity index (χ1) is 14.9. The minimum absolute atomic E-state index is 0.0369. The summed E-state index contributed by atoms with van der Waals surface area (Å²) in [5.41, 5.74) is 2.12. The highest BCUT2D eigenvalue weighted by molar-refractivity contribution is 5.85. The largest absolute Gasteiger partial charge is 0.439 e. The number of Topliss-reactive ketones (excluding diaryl/α,β-unsaturated/α-hetero) is 1. The van der Waals surface area contributed by atoms with E-state index >= 15 is 0 Å². The molecule has 8 heteroatoms. The van der Waals surface area contributed by atoms with Gasteiger partial charge in [0.25, 0.3) is 6.43 Å². The molecule has 3 aromatic rings. The number of aromatic nitrogens is 3. The molecule has 1 aliphatic rings. The number of hydrogen-bond acceptors (Lipinski definition) is 6. The van der Waals surface area contributed by atoms with E-state index in [0.29, 0.717) is 23.0 Å². The van der Waals surface area contributed by atoms with Crippen molar-refractivity contribution in [2.24, 2.45) is 5.92 Å². The Morgan fingerprint density at radius 2 is 1.97 bits per heavy atom. The number of carbonyl (C=O) groups excluding carboxylic acids is 1. The number of hydrogen-bond donors (Lipinski definition) is 0. The first-order valence-corrected chi connectivity index (χ1v) is 10.6. The van der Waals surface area contributed by atoms with Crippen molar-refractivity contribution in [2.75, 3.05) is 13.6 Å². The Morgan fingerprint density at radius 3 is 2.65 bits per heavy atom. The van der Waals surface area contributed by atoms with E-state index in [0.717, 1.165) is 36.6 Å². The van der Waals surface area contributed by atoms with E-state index in [9.17, 15) is 13.6 Å². The average Bonchev–Trinajstić information content (AvgIpc) is 3.19. The molecule has 1 aliphatic carbocycles. The minimum Gasteiger partial charge on any atom is -0.439 e. The summed E-state index contributed by atoms with van der Waals surface area (Å²) >= 11 is 0. The summed E-state index contributed by atoms with van der Waals surface area (Å²) in [5, 5.41) is 0.888. The molecular weight excluding hydrogens is 402 g/mol. The molecule has 1 saturated carbocycles. The fraction of sp³-hybridized carbons (Fsp3) is 0.478. The number of nitrogens with zero attached hydrogens (tertiary/aromatic N) is 4. The number of fused-ring (bicyclic) bond motifs is 1. The fourth-order valence-corrected chi connectivity index (χ4v) is 4.30. The van der Waals surface area contributed by atoms with E-state index in [2.05, 4.69) is 15.0 Å². The van der Waals surface area contributed by atoms with Crippen molar-refractivity contribution < 1.29 is 18.0 Å². The Morgan fingerprint density at radius 1 is 1.19 bits per heavy atom. The highest BCUT2D eigenvalue weighted by Gasteiger charge is 2.29. The van der Waals surface area contributed by atoms with Crippen LogP contribution in [0.4, 0.5) is 8.78 Å². The number of pyridine rings is 2. The maximum Gasteiger partial charge on any atom is 0.251 e. The number of aryl methyl sites for hydroxylation is 1. The van der Waals surface area contributed by atoms with Gasteiger partial charge >= 0.3 is 0 Å². The van der Waals surface area contributed by atoms with Gasteiger partial charge in [-0.3, -0.25) is 14.7 Å². The van der Waals surface area contributed by atoms with Crippen molar-refractivity contribution >= 4 is 16.7 Å². The lowest BCUT2D eigenvalue weighted by atomic mass is 9.82. The summed E-state index contributed by atoms with van der Waals surface area (Å²) in [6.45, 7) is 1.56. The van der Waals surface area contributed by atoms with Gasteiger partial charge in [0.15, 0.2) is 11.7 Å². The second kappa shape index (κ2) is 9.18. The van der Waals surface area contributed by atoms with E-state index in [-0.39, 0.29) is 30.7 Å². The van der Waals surface area contributed by atoms with Gasteiger partial charge in [-0.05, 0) is 50.9 Å². The van der Waals surface area contributed by atoms with E-state index in [1.54, 1.807) is 31.3 Å². The zero-order valence-electron chi connectivity index (χ0n) is 17.7. The monoisotopic (exact) mass is 428 g/mol. The van der Waals surface area contributed by atoms with Gasteiger partial charge in [0.05, 0.1) is 18.3 Å². The predicted molar refractivity (Wildman–Crippen MR) is 113 cm³/mol. The zero-order valence-corrected chi connectivity index (χ0v) is 17.7. The van der Waals surface area contributed by atoms with Crippen LogP contribution >= 0.6 is 0 Å². The Labute approximate surface area is 179 Å². The molecule has 1 fully saturated rings. The van der Waals surface area contributed by atoms with Gasteiger partial charge in [0.2, 0.25) is 0 Å². The van der Waals surface area contributed by atoms with Crippen molar-refractivity contribution in [3.8, 4) is 11.5 Å². The third kappa shape index (κ3) is 5.12. The molecule has 0 spiro atoms. The molecule has 0 amide bonds. The van der Waals surface area contributed by atoms with Crippen LogP contribution < -0.4 is 0 Å². The molecule has 3 heterocycles. The Hall–Kier alpha value is -2.74. The second-order valence-electron chi connectivity index (χ2n) is 8.29. The van der Waals surface area contributed by atoms with Crippen LogP contribution in [0.1, 0.15) is 37.3 Å². The lowest BCUT2D eigenvalue weighted by Gasteiger charge is -2.34. The minimum atomic E-state index is -2.33. The Kier molecular flexibility index (Phi) is 6.36. The topological polar surface area (TPSA) is 72.1 Å². The van der Waals surface area contributed by atoms with Gasteiger partial charge in [-0.15, -0.1) is 0 Å². The van der Waals surface area contributed by atoms with Crippen LogP contribution in [0.15, 0.2) is 35.0 Å². The van der Waals surface area contributed by atoms with Crippen molar-refractivity contribution in [2.45, 2.75) is 51.5 Å². The molecule has 0 radical (unpaired) electrons. The first kappa shape index (κ1) is 21.5. The average molecular weight is 428 g/mol. The summed E-state index contributed by atoms with van der Waals surface area (Å²) in [6, 6.07) is 5.75. The van der Waals surface area contributed by atoms with E-state index in [1.807, 2.05) is 18.2 Å². The molecule has 6 nitrogen and oxygen atoms in total. The van der Waals surface area contributed by atoms with Gasteiger partial charge in [0.1, 0.15) is 11.5 Å². The molecule has 3 aromatic heterocycles. The van der Waals surface area contributed by atoms with Crippen LogP contribution in [-0.4, -0.2) is 51.7 Å². The van der Waals surface area contributed by atoms with Crippen molar-refractivity contribution in [1.82, 2.24) is 19.9 Å². The second-order valence-corrected chi connectivity index (χ2v) is 8.29. The summed E-state index contributed by atoms with van der Waals surface area (Å²) in [4.78, 5) is 27.7. The third-order valence-electron chi connectivity index (χ3n) is 6.06. The molecule has 0 atom stereocenters. The highest BCUT2D eigenvalue weighted by atomic mass is 19.3. The zero-order chi connectivity index (χ0) is 22.0. The number of oxazole rings is 1. The molecule has 0 bridgehead atoms. The van der Waals surface area contributed by atoms with Crippen LogP contribution in [0.2, 0.25) is 0 Å². The van der Waals surface area contributed by atoms with Crippen molar-refractivity contribution in [3.05, 3.63) is 42.2 Å². The highest BCUT2D eigenvalue weighted by Crippen LogP contribution is 2.29. The van der Waals surface area contributed by atoms with Crippen LogP contribution in [-0.2, 0) is 11.2 Å². The molecule has 31 heavy (non-hydrogen) atoms. The lowest BCUT2D eigenvalue weighted by molar-refractivity contribution is -0.123. The number of alkyl halides is 2. The molecule has 0 aliphatic heterocycles. The van der Waals surface area contributed by atoms with E-state index < -0.39 is 6.43 Å². The van der Waals surface area contributed by atoms with Crippen molar-refractivity contribution in [1.29, 1.82) is 0 Å². The van der Waals surface area contributed by atoms with Gasteiger partial charge in [-0.1, -0.05) is 0 Å². The Balaban J connectivity index is 1.41. The number of ketones is 1. The molecule has 0 N–H and O–H groups in total. The number of rotatable bonds is 7. The SMILES string of the molecule is Cc1ncc(-c2ccc3cnc(CC(=O)C4CCC(N(C)CC(F)F)CC4)cc3n2)o1. The normalized spacial score (nSPS) is 19.4. The molecule has 164 valence electrons. The molecule has 4 rings (SSSR count). The quantitative estimate of drug-likeness (QED) is 0.553. The van der Waals surface area contributed by atoms with Crippen molar-refractivity contribution in [3.63, 3.8) is 0 Å². The molecule has 0 unspecified atom stereocenters. The molecule has 0 saturated heterocycles. The molecule has 0 aromatic carbocycles. The van der Waals surface area contributed by atoms with Gasteiger partial charge in [0, 0.05) is 42.6 Å². The van der Waals surface area contributed by atoms with Crippen LogP contribution in [0.3, 0.4) is 0 Å². The first-order valence-electron chi connectivity index (χ1n) is 10.6.